The van der Waals surface area contributed by atoms with Crippen LogP contribution in [0.15, 0.2) is 0 Å². The fourth-order valence-corrected chi connectivity index (χ4v) is 1.75. The number of carboxylic acid groups (broad SMARTS) is 1. The van der Waals surface area contributed by atoms with Crippen molar-refractivity contribution >= 4 is 5.97 Å². The van der Waals surface area contributed by atoms with Crippen LogP contribution in [0, 0.1) is 0 Å². The van der Waals surface area contributed by atoms with Gasteiger partial charge in [0, 0.05) is 13.1 Å². The van der Waals surface area contributed by atoms with Crippen molar-refractivity contribution in [2.45, 2.75) is 24.4 Å². The van der Waals surface area contributed by atoms with E-state index in [4.69, 9.17) is 10.2 Å². The third kappa shape index (κ3) is 2.44. The molecule has 0 aromatic heterocycles. The van der Waals surface area contributed by atoms with Crippen LogP contribution >= 0.6 is 0 Å². The maximum absolute atomic E-state index is 10.8. The van der Waals surface area contributed by atoms with Gasteiger partial charge in [-0.05, 0) is 0 Å². The maximum Gasteiger partial charge on any atom is 0.323 e. The van der Waals surface area contributed by atoms with Gasteiger partial charge in [0.2, 0.25) is 0 Å². The summed E-state index contributed by atoms with van der Waals surface area (Å²) >= 11 is 0. The van der Waals surface area contributed by atoms with Crippen LogP contribution in [0.5, 0.6) is 0 Å². The zero-order chi connectivity index (χ0) is 11.6. The molecule has 0 aliphatic carbocycles. The number of carboxylic acids is 1. The molecule has 4 atom stereocenters. The van der Waals surface area contributed by atoms with Gasteiger partial charge in [0.1, 0.15) is 18.2 Å². The second kappa shape index (κ2) is 4.86. The molecular formula is C8H15NO6. The smallest absolute Gasteiger partial charge is 0.323 e. The van der Waals surface area contributed by atoms with Crippen molar-refractivity contribution in [1.82, 2.24) is 4.90 Å². The highest BCUT2D eigenvalue weighted by atomic mass is 16.4. The Morgan fingerprint density at radius 2 is 1.87 bits per heavy atom. The Kier molecular flexibility index (Phi) is 4.00. The van der Waals surface area contributed by atoms with Crippen LogP contribution in [0.4, 0.5) is 0 Å². The van der Waals surface area contributed by atoms with Gasteiger partial charge in [0.05, 0.1) is 12.7 Å². The first-order valence-corrected chi connectivity index (χ1v) is 4.61. The normalized spacial score (nSPS) is 37.9. The number of β-amino-alcohol motifs (C(OH)–C–C–N with tert-alkyl or cyclic N) is 2. The van der Waals surface area contributed by atoms with Crippen LogP contribution in [-0.4, -0.2) is 80.5 Å². The maximum atomic E-state index is 10.8. The Labute approximate surface area is 86.2 Å². The van der Waals surface area contributed by atoms with Crippen molar-refractivity contribution in [3.63, 3.8) is 0 Å². The molecule has 1 fully saturated rings. The monoisotopic (exact) mass is 221 g/mol. The first-order valence-electron chi connectivity index (χ1n) is 4.61. The van der Waals surface area contributed by atoms with Gasteiger partial charge in [0.25, 0.3) is 0 Å². The standard InChI is InChI=1S/C8H15NO6/c10-2-1-9-3-4(11)6(12)7(13)5(9)8(14)15/h4-7,10-13H,1-3H2,(H,14,15)/t4-,5+,6+,7+/m0/s1. The molecule has 0 aromatic carbocycles. The molecule has 0 bridgehead atoms. The van der Waals surface area contributed by atoms with E-state index in [9.17, 15) is 20.1 Å². The predicted octanol–water partition coefficient (Wildman–Crippen LogP) is -3.17. The molecule has 1 saturated heterocycles. The van der Waals surface area contributed by atoms with Crippen LogP contribution < -0.4 is 0 Å². The molecule has 88 valence electrons. The Bertz CT molecular complexity index is 235. The first kappa shape index (κ1) is 12.3. The van der Waals surface area contributed by atoms with E-state index in [0.717, 1.165) is 0 Å². The zero-order valence-corrected chi connectivity index (χ0v) is 8.02. The summed E-state index contributed by atoms with van der Waals surface area (Å²) in [5.74, 6) is -1.29. The number of aliphatic carboxylic acids is 1. The fourth-order valence-electron chi connectivity index (χ4n) is 1.75. The summed E-state index contributed by atoms with van der Waals surface area (Å²) in [7, 11) is 0. The van der Waals surface area contributed by atoms with Crippen LogP contribution in [0.25, 0.3) is 0 Å². The molecule has 0 saturated carbocycles. The van der Waals surface area contributed by atoms with Gasteiger partial charge in [-0.3, -0.25) is 9.69 Å². The van der Waals surface area contributed by atoms with E-state index in [-0.39, 0.29) is 19.7 Å². The van der Waals surface area contributed by atoms with Crippen LogP contribution in [0.2, 0.25) is 0 Å². The summed E-state index contributed by atoms with van der Waals surface area (Å²) in [5, 5.41) is 45.6. The van der Waals surface area contributed by atoms with Crippen LogP contribution in [-0.2, 0) is 4.79 Å². The van der Waals surface area contributed by atoms with Gasteiger partial charge in [-0.2, -0.15) is 0 Å². The number of nitrogens with zero attached hydrogens (tertiary/aromatic N) is 1. The number of hydrogen-bond acceptors (Lipinski definition) is 6. The summed E-state index contributed by atoms with van der Waals surface area (Å²) in [6, 6.07) is -1.30. The lowest BCUT2D eigenvalue weighted by Crippen LogP contribution is -2.64. The SMILES string of the molecule is O=C(O)[C@H]1[C@@H](O)[C@H](O)[C@@H](O)CN1CCO. The number of piperidine rings is 1. The minimum absolute atomic E-state index is 0.0256. The number of hydrogen-bond donors (Lipinski definition) is 5. The molecule has 0 aromatic rings. The second-order valence-corrected chi connectivity index (χ2v) is 3.55. The molecule has 0 amide bonds. The number of carbonyl (C=O) groups is 1. The lowest BCUT2D eigenvalue weighted by Gasteiger charge is -2.41. The predicted molar refractivity (Wildman–Crippen MR) is 48.1 cm³/mol. The van der Waals surface area contributed by atoms with E-state index < -0.39 is 30.3 Å². The lowest BCUT2D eigenvalue weighted by molar-refractivity contribution is -0.171. The summed E-state index contributed by atoms with van der Waals surface area (Å²) in [6.07, 6.45) is -4.24. The van der Waals surface area contributed by atoms with Gasteiger partial charge >= 0.3 is 5.97 Å². The fraction of sp³-hybridized carbons (Fsp3) is 0.875. The minimum atomic E-state index is -1.56. The summed E-state index contributed by atoms with van der Waals surface area (Å²) in [4.78, 5) is 12.1. The highest BCUT2D eigenvalue weighted by molar-refractivity contribution is 5.74. The largest absolute Gasteiger partial charge is 0.480 e. The molecule has 1 rings (SSSR count). The van der Waals surface area contributed by atoms with Crippen LogP contribution in [0.1, 0.15) is 0 Å². The van der Waals surface area contributed by atoms with Crippen molar-refractivity contribution in [3.8, 4) is 0 Å². The Hall–Kier alpha value is -0.730. The summed E-state index contributed by atoms with van der Waals surface area (Å²) in [6.45, 7) is -0.340. The number of aliphatic hydroxyl groups excluding tert-OH is 4. The van der Waals surface area contributed by atoms with Gasteiger partial charge in [-0.1, -0.05) is 0 Å². The van der Waals surface area contributed by atoms with Crippen molar-refractivity contribution < 1.29 is 30.3 Å². The molecule has 1 aliphatic rings. The molecule has 1 heterocycles. The van der Waals surface area contributed by atoms with E-state index in [2.05, 4.69) is 0 Å². The quantitative estimate of drug-likeness (QED) is 0.341. The van der Waals surface area contributed by atoms with Crippen molar-refractivity contribution in [3.05, 3.63) is 0 Å². The summed E-state index contributed by atoms with van der Waals surface area (Å²) in [5.41, 5.74) is 0. The van der Waals surface area contributed by atoms with Gasteiger partial charge in [0.15, 0.2) is 0 Å². The topological polar surface area (TPSA) is 121 Å². The van der Waals surface area contributed by atoms with Gasteiger partial charge in [-0.25, -0.2) is 0 Å². The molecular weight excluding hydrogens is 206 g/mol. The van der Waals surface area contributed by atoms with Crippen molar-refractivity contribution in [2.75, 3.05) is 19.7 Å². The Morgan fingerprint density at radius 3 is 2.33 bits per heavy atom. The van der Waals surface area contributed by atoms with Crippen molar-refractivity contribution in [1.29, 1.82) is 0 Å². The average Bonchev–Trinajstić information content (AvgIpc) is 2.14. The lowest BCUT2D eigenvalue weighted by atomic mass is 9.94. The molecule has 15 heavy (non-hydrogen) atoms. The zero-order valence-electron chi connectivity index (χ0n) is 8.02. The number of likely N-dealkylation sites (tertiary alicyclic amines) is 1. The van der Waals surface area contributed by atoms with Crippen molar-refractivity contribution in [2.24, 2.45) is 0 Å². The highest BCUT2D eigenvalue weighted by Gasteiger charge is 2.44. The number of aliphatic hydroxyl groups is 4. The van der Waals surface area contributed by atoms with E-state index in [0.29, 0.717) is 0 Å². The van der Waals surface area contributed by atoms with Crippen LogP contribution in [0.3, 0.4) is 0 Å². The average molecular weight is 221 g/mol. The molecule has 0 unspecified atom stereocenters. The third-order valence-electron chi connectivity index (χ3n) is 2.52. The molecule has 0 radical (unpaired) electrons. The van der Waals surface area contributed by atoms with E-state index in [1.807, 2.05) is 0 Å². The Morgan fingerprint density at radius 1 is 1.27 bits per heavy atom. The van der Waals surface area contributed by atoms with Gasteiger partial charge < -0.3 is 25.5 Å². The molecule has 7 heteroatoms. The second-order valence-electron chi connectivity index (χ2n) is 3.55. The van der Waals surface area contributed by atoms with E-state index >= 15 is 0 Å². The van der Waals surface area contributed by atoms with E-state index in [1.165, 1.54) is 4.90 Å². The number of rotatable bonds is 3. The Balaban J connectivity index is 2.81. The van der Waals surface area contributed by atoms with E-state index in [1.54, 1.807) is 0 Å². The molecule has 0 spiro atoms. The molecule has 7 nitrogen and oxygen atoms in total. The molecule has 5 N–H and O–H groups in total. The first-order chi connectivity index (χ1) is 6.99. The minimum Gasteiger partial charge on any atom is -0.480 e. The van der Waals surface area contributed by atoms with Gasteiger partial charge in [-0.15, -0.1) is 0 Å². The third-order valence-corrected chi connectivity index (χ3v) is 2.52. The summed E-state index contributed by atoms with van der Waals surface area (Å²) < 4.78 is 0. The highest BCUT2D eigenvalue weighted by Crippen LogP contribution is 2.18. The molecule has 1 aliphatic heterocycles.